The lowest BCUT2D eigenvalue weighted by Crippen LogP contribution is -2.34. The largest absolute Gasteiger partial charge is 0.271 e. The standard InChI is InChI=1S/C19H26N2O3S/c1-18(2)15-9-10-19(18,3)16(11-15)20-21-17(22)14-7-5-13(6-8-14)12-25(4,23)24/h5-8,15H,9-12H2,1-4H3,(H,21,22)/b20-16+/t15-,19+/m1/s1. The van der Waals surface area contributed by atoms with Crippen LogP contribution >= 0.6 is 0 Å². The maximum atomic E-state index is 12.3. The van der Waals surface area contributed by atoms with Crippen molar-refractivity contribution in [2.24, 2.45) is 21.8 Å². The Kier molecular flexibility index (Phi) is 4.30. The highest BCUT2D eigenvalue weighted by Crippen LogP contribution is 2.63. The number of amides is 1. The molecule has 1 aromatic rings. The van der Waals surface area contributed by atoms with Crippen molar-refractivity contribution in [3.63, 3.8) is 0 Å². The molecule has 1 N–H and O–H groups in total. The van der Waals surface area contributed by atoms with Gasteiger partial charge in [-0.1, -0.05) is 32.9 Å². The predicted molar refractivity (Wildman–Crippen MR) is 99.1 cm³/mol. The van der Waals surface area contributed by atoms with Crippen molar-refractivity contribution in [3.8, 4) is 0 Å². The highest BCUT2D eigenvalue weighted by Gasteiger charge is 2.60. The van der Waals surface area contributed by atoms with Crippen LogP contribution in [-0.4, -0.2) is 26.3 Å². The molecule has 2 atom stereocenters. The summed E-state index contributed by atoms with van der Waals surface area (Å²) in [6.07, 6.45) is 4.51. The van der Waals surface area contributed by atoms with Gasteiger partial charge >= 0.3 is 0 Å². The van der Waals surface area contributed by atoms with Gasteiger partial charge in [0, 0.05) is 22.9 Å². The Morgan fingerprint density at radius 1 is 1.24 bits per heavy atom. The van der Waals surface area contributed by atoms with E-state index in [4.69, 9.17) is 0 Å². The van der Waals surface area contributed by atoms with Crippen molar-refractivity contribution in [2.45, 2.75) is 45.8 Å². The van der Waals surface area contributed by atoms with E-state index in [1.54, 1.807) is 24.3 Å². The monoisotopic (exact) mass is 362 g/mol. The Balaban J connectivity index is 1.69. The normalized spacial score (nSPS) is 29.1. The van der Waals surface area contributed by atoms with Gasteiger partial charge in [0.15, 0.2) is 9.84 Å². The molecule has 5 nitrogen and oxygen atoms in total. The number of hydrogen-bond acceptors (Lipinski definition) is 4. The van der Waals surface area contributed by atoms with Gasteiger partial charge in [-0.15, -0.1) is 0 Å². The topological polar surface area (TPSA) is 75.6 Å². The van der Waals surface area contributed by atoms with E-state index in [-0.39, 0.29) is 22.5 Å². The first-order chi connectivity index (χ1) is 11.5. The maximum absolute atomic E-state index is 12.3. The molecule has 0 spiro atoms. The summed E-state index contributed by atoms with van der Waals surface area (Å²) in [5.41, 5.74) is 5.22. The summed E-state index contributed by atoms with van der Waals surface area (Å²) < 4.78 is 22.6. The third-order valence-corrected chi connectivity index (χ3v) is 7.31. The minimum Gasteiger partial charge on any atom is -0.267 e. The molecule has 136 valence electrons. The third-order valence-electron chi connectivity index (χ3n) is 6.45. The average molecular weight is 362 g/mol. The molecule has 6 heteroatoms. The first-order valence-corrected chi connectivity index (χ1v) is 10.7. The van der Waals surface area contributed by atoms with Gasteiger partial charge in [0.25, 0.3) is 5.91 Å². The number of nitrogens with one attached hydrogen (secondary N) is 1. The Morgan fingerprint density at radius 3 is 2.36 bits per heavy atom. The molecular weight excluding hydrogens is 336 g/mol. The van der Waals surface area contributed by atoms with E-state index in [1.807, 2.05) is 0 Å². The second kappa shape index (κ2) is 5.94. The number of sulfone groups is 1. The van der Waals surface area contributed by atoms with E-state index in [0.29, 0.717) is 17.0 Å². The lowest BCUT2D eigenvalue weighted by atomic mass is 9.70. The molecule has 2 fully saturated rings. The molecular formula is C19H26N2O3S. The van der Waals surface area contributed by atoms with Crippen LogP contribution in [0.25, 0.3) is 0 Å². The van der Waals surface area contributed by atoms with Crippen molar-refractivity contribution >= 4 is 21.5 Å². The van der Waals surface area contributed by atoms with Crippen LogP contribution in [0, 0.1) is 16.7 Å². The molecule has 0 aromatic heterocycles. The molecule has 25 heavy (non-hydrogen) atoms. The molecule has 0 unspecified atom stereocenters. The summed E-state index contributed by atoms with van der Waals surface area (Å²) in [5.74, 6) is 0.359. The van der Waals surface area contributed by atoms with E-state index in [0.717, 1.165) is 18.6 Å². The van der Waals surface area contributed by atoms with Gasteiger partial charge in [-0.2, -0.15) is 5.10 Å². The van der Waals surface area contributed by atoms with Gasteiger partial charge in [-0.05, 0) is 48.3 Å². The zero-order valence-corrected chi connectivity index (χ0v) is 16.1. The number of nitrogens with zero attached hydrogens (tertiary/aromatic N) is 1. The SMILES string of the molecule is CC1(C)[C@@H]2CC[C@@]1(C)/C(=N/NC(=O)c1ccc(CS(C)(=O)=O)cc1)C2. The molecule has 3 rings (SSSR count). The van der Waals surface area contributed by atoms with Crippen LogP contribution < -0.4 is 5.43 Å². The van der Waals surface area contributed by atoms with Gasteiger partial charge in [-0.3, -0.25) is 4.79 Å². The first kappa shape index (κ1) is 18.1. The highest BCUT2D eigenvalue weighted by atomic mass is 32.2. The number of hydrogen-bond donors (Lipinski definition) is 1. The molecule has 0 heterocycles. The van der Waals surface area contributed by atoms with Gasteiger partial charge in [0.05, 0.1) is 5.75 Å². The maximum Gasteiger partial charge on any atom is 0.271 e. The zero-order valence-electron chi connectivity index (χ0n) is 15.3. The fourth-order valence-electron chi connectivity index (χ4n) is 4.34. The Labute approximate surface area is 149 Å². The summed E-state index contributed by atoms with van der Waals surface area (Å²) in [4.78, 5) is 12.3. The fourth-order valence-corrected chi connectivity index (χ4v) is 5.13. The molecule has 2 saturated carbocycles. The van der Waals surface area contributed by atoms with Crippen molar-refractivity contribution < 1.29 is 13.2 Å². The smallest absolute Gasteiger partial charge is 0.267 e. The van der Waals surface area contributed by atoms with E-state index in [1.165, 1.54) is 12.7 Å². The summed E-state index contributed by atoms with van der Waals surface area (Å²) in [6.45, 7) is 6.86. The number of carbonyl (C=O) groups is 1. The van der Waals surface area contributed by atoms with Crippen molar-refractivity contribution in [1.29, 1.82) is 0 Å². The van der Waals surface area contributed by atoms with E-state index in [9.17, 15) is 13.2 Å². The number of rotatable bonds is 4. The van der Waals surface area contributed by atoms with E-state index < -0.39 is 9.84 Å². The number of benzene rings is 1. The summed E-state index contributed by atoms with van der Waals surface area (Å²) in [6, 6.07) is 6.63. The van der Waals surface area contributed by atoms with Crippen LogP contribution in [0.2, 0.25) is 0 Å². The Bertz CT molecular complexity index is 825. The van der Waals surface area contributed by atoms with Gasteiger partial charge < -0.3 is 0 Å². The molecule has 1 amide bonds. The van der Waals surface area contributed by atoms with Gasteiger partial charge in [0.1, 0.15) is 0 Å². The summed E-state index contributed by atoms with van der Waals surface area (Å²) in [5, 5.41) is 4.45. The number of carbonyl (C=O) groups excluding carboxylic acids is 1. The number of fused-ring (bicyclic) bond motifs is 2. The van der Waals surface area contributed by atoms with Crippen LogP contribution in [0.3, 0.4) is 0 Å². The average Bonchev–Trinajstić information content (AvgIpc) is 2.84. The van der Waals surface area contributed by atoms with Crippen LogP contribution in [0.15, 0.2) is 29.4 Å². The highest BCUT2D eigenvalue weighted by molar-refractivity contribution is 7.89. The van der Waals surface area contributed by atoms with Crippen LogP contribution in [-0.2, 0) is 15.6 Å². The van der Waals surface area contributed by atoms with Crippen molar-refractivity contribution in [2.75, 3.05) is 6.26 Å². The minimum absolute atomic E-state index is 0.0218. The second-order valence-corrected chi connectivity index (χ2v) is 10.4. The molecule has 1 aromatic carbocycles. The van der Waals surface area contributed by atoms with Crippen LogP contribution in [0.5, 0.6) is 0 Å². The molecule has 0 saturated heterocycles. The minimum atomic E-state index is -3.08. The Hall–Kier alpha value is -1.69. The summed E-state index contributed by atoms with van der Waals surface area (Å²) >= 11 is 0. The quantitative estimate of drug-likeness (QED) is 0.836. The molecule has 2 bridgehead atoms. The zero-order chi connectivity index (χ0) is 18.5. The molecule has 2 aliphatic rings. The fraction of sp³-hybridized carbons (Fsp3) is 0.579. The number of hydrazone groups is 1. The van der Waals surface area contributed by atoms with Gasteiger partial charge in [-0.25, -0.2) is 13.8 Å². The first-order valence-electron chi connectivity index (χ1n) is 8.67. The van der Waals surface area contributed by atoms with Crippen molar-refractivity contribution in [1.82, 2.24) is 5.43 Å². The molecule has 0 radical (unpaired) electrons. The molecule has 2 aliphatic carbocycles. The van der Waals surface area contributed by atoms with Crippen molar-refractivity contribution in [3.05, 3.63) is 35.4 Å². The third kappa shape index (κ3) is 3.24. The molecule has 0 aliphatic heterocycles. The Morgan fingerprint density at radius 2 is 1.88 bits per heavy atom. The predicted octanol–water partition coefficient (Wildman–Crippen LogP) is 3.16. The van der Waals surface area contributed by atoms with Crippen LogP contribution in [0.1, 0.15) is 56.0 Å². The van der Waals surface area contributed by atoms with E-state index >= 15 is 0 Å². The van der Waals surface area contributed by atoms with Crippen LogP contribution in [0.4, 0.5) is 0 Å². The van der Waals surface area contributed by atoms with Gasteiger partial charge in [0.2, 0.25) is 0 Å². The lowest BCUT2D eigenvalue weighted by molar-refractivity contribution is 0.0954. The van der Waals surface area contributed by atoms with E-state index in [2.05, 4.69) is 31.3 Å². The second-order valence-electron chi connectivity index (χ2n) is 8.26. The lowest BCUT2D eigenvalue weighted by Gasteiger charge is -2.34. The summed E-state index contributed by atoms with van der Waals surface area (Å²) in [7, 11) is -3.08.